The molecule has 1 amide bonds. The Hall–Kier alpha value is -2.72. The van der Waals surface area contributed by atoms with Gasteiger partial charge >= 0.3 is 0 Å². The zero-order chi connectivity index (χ0) is 26.1. The Morgan fingerprint density at radius 1 is 1.19 bits per heavy atom. The molecule has 1 saturated heterocycles. The summed E-state index contributed by atoms with van der Waals surface area (Å²) in [6.45, 7) is 6.45. The van der Waals surface area contributed by atoms with Crippen LogP contribution in [-0.2, 0) is 17.8 Å². The second-order valence-corrected chi connectivity index (χ2v) is 10.4. The number of hydrogen-bond acceptors (Lipinski definition) is 6. The highest BCUT2D eigenvalue weighted by molar-refractivity contribution is 6.35. The summed E-state index contributed by atoms with van der Waals surface area (Å²) in [7, 11) is 0. The van der Waals surface area contributed by atoms with E-state index in [1.807, 2.05) is 13.0 Å². The molecule has 2 aliphatic rings. The minimum atomic E-state index is -0.617. The number of fused-ring (bicyclic) bond motifs is 2. The van der Waals surface area contributed by atoms with Gasteiger partial charge in [-0.25, -0.2) is 9.37 Å². The van der Waals surface area contributed by atoms with Gasteiger partial charge in [0.15, 0.2) is 0 Å². The van der Waals surface area contributed by atoms with Gasteiger partial charge in [-0.2, -0.15) is 0 Å². The van der Waals surface area contributed by atoms with E-state index >= 15 is 0 Å². The predicted octanol–water partition coefficient (Wildman–Crippen LogP) is 3.72. The molecule has 11 heteroatoms. The third-order valence-corrected chi connectivity index (χ3v) is 7.62. The zero-order valence-corrected chi connectivity index (χ0v) is 22.1. The van der Waals surface area contributed by atoms with E-state index in [1.54, 1.807) is 11.0 Å². The second-order valence-electron chi connectivity index (χ2n) is 9.57. The van der Waals surface area contributed by atoms with Crippen molar-refractivity contribution in [2.75, 3.05) is 44.6 Å². The van der Waals surface area contributed by atoms with Gasteiger partial charge < -0.3 is 20.5 Å². The molecule has 0 radical (unpaired) electrons. The van der Waals surface area contributed by atoms with Gasteiger partial charge in [0, 0.05) is 29.7 Å². The number of aromatic amines is 1. The summed E-state index contributed by atoms with van der Waals surface area (Å²) in [5, 5.41) is 7.53. The smallest absolute Gasteiger partial charge is 0.258 e. The standard InChI is InChI=1S/C26H29Cl2FN6O2/c1-15-25-16(9-17(27)10-19(25)28)3-7-35(15)24(36)13-31-22-12-21-18(11-20(22)29)26(37)33-23(32-21)14-34-6-2-4-30-5-8-34/h9-12,15,30-31H,2-8,13-14H2,1H3,(H,32,33,37). The first-order valence-corrected chi connectivity index (χ1v) is 13.2. The molecule has 3 heterocycles. The number of benzene rings is 2. The number of aromatic nitrogens is 2. The lowest BCUT2D eigenvalue weighted by Gasteiger charge is -2.36. The molecule has 1 fully saturated rings. The number of nitrogens with zero attached hydrogens (tertiary/aromatic N) is 3. The van der Waals surface area contributed by atoms with E-state index in [0.29, 0.717) is 40.9 Å². The van der Waals surface area contributed by atoms with Gasteiger partial charge in [0.05, 0.1) is 35.7 Å². The number of nitrogens with one attached hydrogen (secondary N) is 3. The molecule has 3 N–H and O–H groups in total. The van der Waals surface area contributed by atoms with Gasteiger partial charge in [-0.15, -0.1) is 0 Å². The minimum Gasteiger partial charge on any atom is -0.374 e. The van der Waals surface area contributed by atoms with Crippen LogP contribution in [0, 0.1) is 5.82 Å². The lowest BCUT2D eigenvalue weighted by molar-refractivity contribution is -0.131. The fraction of sp³-hybridized carbons (Fsp3) is 0.423. The number of carbonyl (C=O) groups is 1. The van der Waals surface area contributed by atoms with E-state index in [0.717, 1.165) is 49.8 Å². The van der Waals surface area contributed by atoms with Crippen molar-refractivity contribution in [2.45, 2.75) is 32.4 Å². The molecule has 0 spiro atoms. The maximum absolute atomic E-state index is 14.9. The lowest BCUT2D eigenvalue weighted by Crippen LogP contribution is -2.42. The van der Waals surface area contributed by atoms with Crippen molar-refractivity contribution in [1.82, 2.24) is 25.1 Å². The summed E-state index contributed by atoms with van der Waals surface area (Å²) in [5.74, 6) is -0.266. The van der Waals surface area contributed by atoms with Crippen molar-refractivity contribution in [3.63, 3.8) is 0 Å². The lowest BCUT2D eigenvalue weighted by atomic mass is 9.93. The van der Waals surface area contributed by atoms with Crippen LogP contribution in [0.15, 0.2) is 29.1 Å². The molecule has 8 nitrogen and oxygen atoms in total. The summed E-state index contributed by atoms with van der Waals surface area (Å²) < 4.78 is 14.9. The average Bonchev–Trinajstić information content (AvgIpc) is 3.11. The van der Waals surface area contributed by atoms with E-state index in [9.17, 15) is 14.0 Å². The van der Waals surface area contributed by atoms with Crippen molar-refractivity contribution in [1.29, 1.82) is 0 Å². The van der Waals surface area contributed by atoms with Crippen molar-refractivity contribution in [3.05, 3.63) is 67.4 Å². The first-order valence-electron chi connectivity index (χ1n) is 12.5. The Morgan fingerprint density at radius 3 is 2.86 bits per heavy atom. The Kier molecular flexibility index (Phi) is 7.67. The van der Waals surface area contributed by atoms with Crippen molar-refractivity contribution in [2.24, 2.45) is 0 Å². The molecule has 2 aromatic carbocycles. The maximum Gasteiger partial charge on any atom is 0.258 e. The van der Waals surface area contributed by atoms with Gasteiger partial charge in [0.1, 0.15) is 11.6 Å². The van der Waals surface area contributed by atoms with Crippen molar-refractivity contribution >= 4 is 45.7 Å². The average molecular weight is 547 g/mol. The quantitative estimate of drug-likeness (QED) is 0.451. The van der Waals surface area contributed by atoms with Crippen LogP contribution in [0.4, 0.5) is 10.1 Å². The van der Waals surface area contributed by atoms with Crippen LogP contribution in [0.1, 0.15) is 36.3 Å². The molecular weight excluding hydrogens is 518 g/mol. The third kappa shape index (κ3) is 5.60. The first-order chi connectivity index (χ1) is 17.8. The van der Waals surface area contributed by atoms with E-state index in [4.69, 9.17) is 23.2 Å². The molecule has 3 aromatic rings. The minimum absolute atomic E-state index is 0.107. The highest BCUT2D eigenvalue weighted by Gasteiger charge is 2.29. The SMILES string of the molecule is CC1c2c(Cl)cc(Cl)cc2CCN1C(=O)CNc1cc2nc(CN3CCCNCC3)[nH]c(=O)c2cc1F. The molecular formula is C26H29Cl2FN6O2. The molecule has 1 aromatic heterocycles. The molecule has 1 atom stereocenters. The fourth-order valence-corrected chi connectivity index (χ4v) is 5.90. The summed E-state index contributed by atoms with van der Waals surface area (Å²) in [5.41, 5.74) is 2.04. The molecule has 37 heavy (non-hydrogen) atoms. The fourth-order valence-electron chi connectivity index (χ4n) is 5.21. The van der Waals surface area contributed by atoms with Gasteiger partial charge in [0.2, 0.25) is 5.91 Å². The van der Waals surface area contributed by atoms with Crippen LogP contribution in [-0.4, -0.2) is 64.9 Å². The molecule has 5 rings (SSSR count). The highest BCUT2D eigenvalue weighted by atomic mass is 35.5. The van der Waals surface area contributed by atoms with Crippen LogP contribution in [0.5, 0.6) is 0 Å². The number of carbonyl (C=O) groups excluding carboxylic acids is 1. The normalized spacial score (nSPS) is 18.5. The summed E-state index contributed by atoms with van der Waals surface area (Å²) in [6, 6.07) is 5.99. The molecule has 1 unspecified atom stereocenters. The predicted molar refractivity (Wildman–Crippen MR) is 144 cm³/mol. The highest BCUT2D eigenvalue weighted by Crippen LogP contribution is 2.37. The summed E-state index contributed by atoms with van der Waals surface area (Å²) in [4.78, 5) is 37.1. The topological polar surface area (TPSA) is 93.4 Å². The van der Waals surface area contributed by atoms with Crippen LogP contribution in [0.3, 0.4) is 0 Å². The first kappa shape index (κ1) is 25.9. The zero-order valence-electron chi connectivity index (χ0n) is 20.5. The van der Waals surface area contributed by atoms with Gasteiger partial charge in [-0.1, -0.05) is 23.2 Å². The van der Waals surface area contributed by atoms with E-state index < -0.39 is 5.82 Å². The maximum atomic E-state index is 14.9. The molecule has 0 aliphatic carbocycles. The summed E-state index contributed by atoms with van der Waals surface area (Å²) in [6.07, 6.45) is 1.66. The van der Waals surface area contributed by atoms with Crippen LogP contribution in [0.25, 0.3) is 10.9 Å². The van der Waals surface area contributed by atoms with Crippen LogP contribution >= 0.6 is 23.2 Å². The van der Waals surface area contributed by atoms with E-state index in [1.165, 1.54) is 6.07 Å². The van der Waals surface area contributed by atoms with Crippen LogP contribution < -0.4 is 16.2 Å². The second kappa shape index (κ2) is 10.9. The number of H-pyrrole nitrogens is 1. The van der Waals surface area contributed by atoms with Crippen LogP contribution in [0.2, 0.25) is 10.0 Å². The molecule has 0 saturated carbocycles. The Labute approximate surface area is 224 Å². The summed E-state index contributed by atoms with van der Waals surface area (Å²) >= 11 is 12.6. The monoisotopic (exact) mass is 546 g/mol. The Bertz CT molecular complexity index is 1390. The third-order valence-electron chi connectivity index (χ3n) is 7.09. The largest absolute Gasteiger partial charge is 0.374 e. The van der Waals surface area contributed by atoms with Gasteiger partial charge in [0.25, 0.3) is 5.56 Å². The molecule has 0 bridgehead atoms. The van der Waals surface area contributed by atoms with Gasteiger partial charge in [-0.05, 0) is 68.2 Å². The van der Waals surface area contributed by atoms with E-state index in [2.05, 4.69) is 25.5 Å². The Morgan fingerprint density at radius 2 is 2.03 bits per heavy atom. The Balaban J connectivity index is 1.32. The number of amides is 1. The number of rotatable bonds is 5. The number of anilines is 1. The van der Waals surface area contributed by atoms with Crippen molar-refractivity contribution < 1.29 is 9.18 Å². The number of halogens is 3. The van der Waals surface area contributed by atoms with E-state index in [-0.39, 0.29) is 35.1 Å². The van der Waals surface area contributed by atoms with Gasteiger partial charge in [-0.3, -0.25) is 14.5 Å². The number of hydrogen-bond donors (Lipinski definition) is 3. The molecule has 2 aliphatic heterocycles. The van der Waals surface area contributed by atoms with Crippen molar-refractivity contribution in [3.8, 4) is 0 Å². The molecule has 196 valence electrons.